The van der Waals surface area contributed by atoms with Crippen LogP contribution in [-0.4, -0.2) is 20.0 Å². The summed E-state index contributed by atoms with van der Waals surface area (Å²) in [5.74, 6) is -0.279. The molecule has 0 atom stereocenters. The third-order valence-electron chi connectivity index (χ3n) is 5.52. The Bertz CT molecular complexity index is 1320. The molecule has 0 saturated heterocycles. The van der Waals surface area contributed by atoms with Crippen LogP contribution in [0.1, 0.15) is 18.4 Å². The standard InChI is InChI=1S/C24H22FN5OS/c25-19-4-1-2-5-21(19)28-24-30(12-3-11-29-13-10-26-16-29)22(15-32-24)18-6-8-20-17(14-18)7-9-23(31)27-20/h1-2,4-6,8,10,13-16H,3,7,9,11-12H2,(H,27,31). The first-order chi connectivity index (χ1) is 15.7. The predicted octanol–water partition coefficient (Wildman–Crippen LogP) is 4.76. The zero-order chi connectivity index (χ0) is 21.9. The number of benzene rings is 2. The van der Waals surface area contributed by atoms with Crippen molar-refractivity contribution in [1.29, 1.82) is 0 Å². The van der Waals surface area contributed by atoms with E-state index in [2.05, 4.69) is 31.3 Å². The highest BCUT2D eigenvalue weighted by molar-refractivity contribution is 7.07. The smallest absolute Gasteiger partial charge is 0.224 e. The highest BCUT2D eigenvalue weighted by Crippen LogP contribution is 2.29. The third-order valence-corrected chi connectivity index (χ3v) is 6.38. The van der Waals surface area contributed by atoms with Crippen LogP contribution in [0.5, 0.6) is 0 Å². The quantitative estimate of drug-likeness (QED) is 0.463. The molecule has 8 heteroatoms. The molecular weight excluding hydrogens is 425 g/mol. The Kier molecular flexibility index (Phi) is 5.68. The van der Waals surface area contributed by atoms with Gasteiger partial charge in [0.25, 0.3) is 0 Å². The fourth-order valence-corrected chi connectivity index (χ4v) is 4.83. The molecule has 162 valence electrons. The van der Waals surface area contributed by atoms with E-state index in [1.54, 1.807) is 24.4 Å². The van der Waals surface area contributed by atoms with Gasteiger partial charge in [0.05, 0.1) is 12.0 Å². The summed E-state index contributed by atoms with van der Waals surface area (Å²) in [4.78, 5) is 21.2. The Morgan fingerprint density at radius 2 is 2.06 bits per heavy atom. The van der Waals surface area contributed by atoms with Gasteiger partial charge in [-0.05, 0) is 48.2 Å². The van der Waals surface area contributed by atoms with Gasteiger partial charge in [-0.1, -0.05) is 18.2 Å². The molecule has 0 radical (unpaired) electrons. The number of rotatable bonds is 6. The van der Waals surface area contributed by atoms with Crippen LogP contribution in [0, 0.1) is 5.82 Å². The number of nitrogens with one attached hydrogen (secondary N) is 1. The van der Waals surface area contributed by atoms with Gasteiger partial charge in [0.2, 0.25) is 5.91 Å². The Labute approximate surface area is 188 Å². The van der Waals surface area contributed by atoms with Gasteiger partial charge in [-0.25, -0.2) is 14.4 Å². The average Bonchev–Trinajstić information content (AvgIpc) is 3.45. The van der Waals surface area contributed by atoms with Gasteiger partial charge in [0, 0.05) is 43.0 Å². The summed E-state index contributed by atoms with van der Waals surface area (Å²) in [6.07, 6.45) is 7.63. The second-order valence-electron chi connectivity index (χ2n) is 7.69. The van der Waals surface area contributed by atoms with E-state index in [9.17, 15) is 9.18 Å². The number of carbonyl (C=O) groups is 1. The summed E-state index contributed by atoms with van der Waals surface area (Å²) in [5, 5.41) is 5.00. The number of hydrogen-bond donors (Lipinski definition) is 1. The van der Waals surface area contributed by atoms with E-state index < -0.39 is 0 Å². The van der Waals surface area contributed by atoms with Gasteiger partial charge in [-0.3, -0.25) is 4.79 Å². The zero-order valence-corrected chi connectivity index (χ0v) is 18.2. The average molecular weight is 448 g/mol. The maximum Gasteiger partial charge on any atom is 0.224 e. The summed E-state index contributed by atoms with van der Waals surface area (Å²) >= 11 is 1.50. The van der Waals surface area contributed by atoms with Crippen molar-refractivity contribution < 1.29 is 9.18 Å². The summed E-state index contributed by atoms with van der Waals surface area (Å²) < 4.78 is 18.4. The Hall–Kier alpha value is -3.52. The minimum absolute atomic E-state index is 0.0568. The first-order valence-electron chi connectivity index (χ1n) is 10.5. The van der Waals surface area contributed by atoms with Gasteiger partial charge < -0.3 is 14.5 Å². The molecule has 1 aliphatic heterocycles. The summed E-state index contributed by atoms with van der Waals surface area (Å²) in [5.41, 5.74) is 4.44. The highest BCUT2D eigenvalue weighted by atomic mass is 32.1. The van der Waals surface area contributed by atoms with E-state index in [1.165, 1.54) is 17.4 Å². The first-order valence-corrected chi connectivity index (χ1v) is 11.4. The van der Waals surface area contributed by atoms with Crippen molar-refractivity contribution in [2.24, 2.45) is 4.99 Å². The van der Waals surface area contributed by atoms with Crippen LogP contribution < -0.4 is 10.1 Å². The summed E-state index contributed by atoms with van der Waals surface area (Å²) in [6, 6.07) is 12.7. The number of anilines is 1. The van der Waals surface area contributed by atoms with Crippen molar-refractivity contribution in [1.82, 2.24) is 14.1 Å². The molecule has 5 rings (SSSR count). The Morgan fingerprint density at radius 3 is 2.91 bits per heavy atom. The third kappa shape index (κ3) is 4.27. The van der Waals surface area contributed by atoms with Crippen molar-refractivity contribution in [3.8, 4) is 11.3 Å². The van der Waals surface area contributed by atoms with Crippen LogP contribution in [-0.2, 0) is 24.3 Å². The van der Waals surface area contributed by atoms with Crippen LogP contribution in [0.2, 0.25) is 0 Å². The molecule has 6 nitrogen and oxygen atoms in total. The topological polar surface area (TPSA) is 64.2 Å². The molecule has 0 spiro atoms. The van der Waals surface area contributed by atoms with E-state index in [1.807, 2.05) is 29.2 Å². The molecule has 2 aromatic heterocycles. The Morgan fingerprint density at radius 1 is 1.16 bits per heavy atom. The largest absolute Gasteiger partial charge is 0.337 e. The molecule has 0 unspecified atom stereocenters. The minimum atomic E-state index is -0.336. The second-order valence-corrected chi connectivity index (χ2v) is 8.53. The molecule has 1 N–H and O–H groups in total. The molecular formula is C24H22FN5OS. The second kappa shape index (κ2) is 8.92. The fraction of sp³-hybridized carbons (Fsp3) is 0.208. The van der Waals surface area contributed by atoms with Crippen LogP contribution in [0.4, 0.5) is 15.8 Å². The maximum atomic E-state index is 14.3. The molecule has 4 aromatic rings. The monoisotopic (exact) mass is 447 g/mol. The lowest BCUT2D eigenvalue weighted by molar-refractivity contribution is -0.116. The van der Waals surface area contributed by atoms with Crippen LogP contribution in [0.3, 0.4) is 0 Å². The lowest BCUT2D eigenvalue weighted by atomic mass is 9.99. The van der Waals surface area contributed by atoms with E-state index in [-0.39, 0.29) is 11.7 Å². The van der Waals surface area contributed by atoms with Gasteiger partial charge in [-0.15, -0.1) is 11.3 Å². The molecule has 0 saturated carbocycles. The molecule has 0 fully saturated rings. The number of thiazole rings is 1. The van der Waals surface area contributed by atoms with Gasteiger partial charge in [-0.2, -0.15) is 0 Å². The minimum Gasteiger partial charge on any atom is -0.337 e. The number of carbonyl (C=O) groups excluding carboxylic acids is 1. The van der Waals surface area contributed by atoms with Crippen molar-refractivity contribution in [3.05, 3.63) is 82.7 Å². The first kappa shape index (κ1) is 20.4. The molecule has 32 heavy (non-hydrogen) atoms. The van der Waals surface area contributed by atoms with Crippen molar-refractivity contribution in [2.45, 2.75) is 32.4 Å². The normalized spacial score (nSPS) is 13.8. The van der Waals surface area contributed by atoms with Crippen molar-refractivity contribution in [2.75, 3.05) is 5.32 Å². The van der Waals surface area contributed by atoms with Crippen LogP contribution in [0.15, 0.2) is 71.6 Å². The van der Waals surface area contributed by atoms with Crippen LogP contribution in [0.25, 0.3) is 11.3 Å². The molecule has 0 bridgehead atoms. The van der Waals surface area contributed by atoms with Crippen molar-refractivity contribution in [3.63, 3.8) is 0 Å². The fourth-order valence-electron chi connectivity index (χ4n) is 3.88. The molecule has 3 heterocycles. The SMILES string of the molecule is O=C1CCc2cc(-c3csc(=Nc4ccccc4F)n3CCCn3ccnc3)ccc2N1. The zero-order valence-electron chi connectivity index (χ0n) is 17.4. The number of imidazole rings is 1. The summed E-state index contributed by atoms with van der Waals surface area (Å²) in [7, 11) is 0. The lowest BCUT2D eigenvalue weighted by Crippen LogP contribution is -2.19. The summed E-state index contributed by atoms with van der Waals surface area (Å²) in [6.45, 7) is 1.57. The number of hydrogen-bond acceptors (Lipinski definition) is 4. The lowest BCUT2D eigenvalue weighted by Gasteiger charge is -2.18. The molecule has 1 aliphatic rings. The number of aryl methyl sites for hydroxylation is 2. The van der Waals surface area contributed by atoms with Gasteiger partial charge >= 0.3 is 0 Å². The highest BCUT2D eigenvalue weighted by Gasteiger charge is 2.17. The van der Waals surface area contributed by atoms with Crippen molar-refractivity contribution >= 4 is 28.6 Å². The predicted molar refractivity (Wildman–Crippen MR) is 123 cm³/mol. The van der Waals surface area contributed by atoms with Gasteiger partial charge in [0.15, 0.2) is 4.80 Å². The van der Waals surface area contributed by atoms with E-state index in [0.29, 0.717) is 12.1 Å². The molecule has 1 amide bonds. The number of nitrogens with zero attached hydrogens (tertiary/aromatic N) is 4. The number of fused-ring (bicyclic) bond motifs is 1. The number of halogens is 1. The molecule has 0 aliphatic carbocycles. The van der Waals surface area contributed by atoms with E-state index in [4.69, 9.17) is 0 Å². The number of para-hydroxylation sites is 1. The molecule has 2 aromatic carbocycles. The maximum absolute atomic E-state index is 14.3. The van der Waals surface area contributed by atoms with E-state index in [0.717, 1.165) is 53.2 Å². The Balaban J connectivity index is 1.52. The number of aromatic nitrogens is 3. The number of amides is 1. The van der Waals surface area contributed by atoms with Crippen LogP contribution >= 0.6 is 11.3 Å². The van der Waals surface area contributed by atoms with E-state index >= 15 is 0 Å². The van der Waals surface area contributed by atoms with Gasteiger partial charge in [0.1, 0.15) is 11.5 Å².